The second kappa shape index (κ2) is 7.55. The largest absolute Gasteiger partial charge is 0.264 e. The lowest BCUT2D eigenvalue weighted by Gasteiger charge is -2.10. The van der Waals surface area contributed by atoms with Crippen molar-refractivity contribution >= 4 is 0 Å². The van der Waals surface area contributed by atoms with Gasteiger partial charge in [-0.3, -0.25) is 10.1 Å². The highest BCUT2D eigenvalue weighted by atomic mass is 16.6. The number of rotatable bonds is 6. The standard InChI is InChI=1S/C21H19NO2/c23-22(24)16-21-15-19(13-17-7-3-1-4-8-17)11-12-20(21)14-18-9-5-2-6-10-18/h1-12,15H,13-14,16H2. The third-order valence-corrected chi connectivity index (χ3v) is 4.06. The van der Waals surface area contributed by atoms with Gasteiger partial charge in [-0.2, -0.15) is 0 Å². The lowest BCUT2D eigenvalue weighted by Crippen LogP contribution is -2.04. The van der Waals surface area contributed by atoms with E-state index in [1.807, 2.05) is 60.7 Å². The average Bonchev–Trinajstić information content (AvgIpc) is 2.59. The van der Waals surface area contributed by atoms with Crippen molar-refractivity contribution in [3.05, 3.63) is 117 Å². The quantitative estimate of drug-likeness (QED) is 0.491. The minimum Gasteiger partial charge on any atom is -0.264 e. The van der Waals surface area contributed by atoms with Crippen LogP contribution in [0, 0.1) is 10.1 Å². The Balaban J connectivity index is 1.87. The van der Waals surface area contributed by atoms with Crippen LogP contribution in [0.2, 0.25) is 0 Å². The first-order valence-electron chi connectivity index (χ1n) is 8.01. The third-order valence-electron chi connectivity index (χ3n) is 4.06. The number of hydrogen-bond acceptors (Lipinski definition) is 2. The Morgan fingerprint density at radius 1 is 0.667 bits per heavy atom. The van der Waals surface area contributed by atoms with Gasteiger partial charge in [-0.1, -0.05) is 72.8 Å². The molecule has 0 aliphatic heterocycles. The van der Waals surface area contributed by atoms with E-state index < -0.39 is 0 Å². The maximum absolute atomic E-state index is 11.0. The summed E-state index contributed by atoms with van der Waals surface area (Å²) in [4.78, 5) is 10.8. The Labute approximate surface area is 141 Å². The van der Waals surface area contributed by atoms with E-state index in [0.29, 0.717) is 0 Å². The molecule has 0 N–H and O–H groups in total. The second-order valence-corrected chi connectivity index (χ2v) is 5.92. The smallest absolute Gasteiger partial charge is 0.229 e. The minimum atomic E-state index is -0.254. The Kier molecular flexibility index (Phi) is 5.02. The molecule has 3 aromatic carbocycles. The van der Waals surface area contributed by atoms with Crippen LogP contribution in [0.3, 0.4) is 0 Å². The number of nitrogens with zero attached hydrogens (tertiary/aromatic N) is 1. The number of hydrogen-bond donors (Lipinski definition) is 0. The van der Waals surface area contributed by atoms with Crippen LogP contribution in [0.15, 0.2) is 78.9 Å². The molecule has 0 saturated heterocycles. The molecule has 0 atom stereocenters. The lowest BCUT2D eigenvalue weighted by molar-refractivity contribution is -0.496. The van der Waals surface area contributed by atoms with E-state index in [9.17, 15) is 10.1 Å². The highest BCUT2D eigenvalue weighted by molar-refractivity contribution is 5.37. The monoisotopic (exact) mass is 317 g/mol. The summed E-state index contributed by atoms with van der Waals surface area (Å²) in [6.45, 7) is -0.134. The fraction of sp³-hybridized carbons (Fsp3) is 0.143. The second-order valence-electron chi connectivity index (χ2n) is 5.92. The van der Waals surface area contributed by atoms with E-state index in [1.165, 1.54) is 5.56 Å². The molecule has 0 unspecified atom stereocenters. The molecular formula is C21H19NO2. The Morgan fingerprint density at radius 2 is 1.25 bits per heavy atom. The fourth-order valence-electron chi connectivity index (χ4n) is 2.90. The van der Waals surface area contributed by atoms with Gasteiger partial charge in [0.05, 0.1) is 0 Å². The first kappa shape index (κ1) is 15.9. The highest BCUT2D eigenvalue weighted by Crippen LogP contribution is 2.19. The molecule has 0 amide bonds. The summed E-state index contributed by atoms with van der Waals surface area (Å²) in [6.07, 6.45) is 1.51. The number of benzene rings is 3. The molecule has 0 bridgehead atoms. The molecule has 24 heavy (non-hydrogen) atoms. The van der Waals surface area contributed by atoms with Crippen molar-refractivity contribution in [2.45, 2.75) is 19.4 Å². The molecule has 120 valence electrons. The highest BCUT2D eigenvalue weighted by Gasteiger charge is 2.11. The maximum Gasteiger partial charge on any atom is 0.229 e. The van der Waals surface area contributed by atoms with E-state index in [1.54, 1.807) is 0 Å². The van der Waals surface area contributed by atoms with Crippen molar-refractivity contribution in [1.29, 1.82) is 0 Å². The van der Waals surface area contributed by atoms with Gasteiger partial charge in [0.2, 0.25) is 6.54 Å². The zero-order chi connectivity index (χ0) is 16.8. The Morgan fingerprint density at radius 3 is 1.83 bits per heavy atom. The van der Waals surface area contributed by atoms with Gasteiger partial charge in [-0.25, -0.2) is 0 Å². The summed E-state index contributed by atoms with van der Waals surface area (Å²) in [5.74, 6) is 0. The van der Waals surface area contributed by atoms with Gasteiger partial charge in [0, 0.05) is 10.5 Å². The van der Waals surface area contributed by atoms with E-state index in [-0.39, 0.29) is 11.5 Å². The molecule has 0 saturated carbocycles. The third kappa shape index (κ3) is 4.29. The Hall–Kier alpha value is -2.94. The van der Waals surface area contributed by atoms with Crippen LogP contribution in [-0.4, -0.2) is 4.92 Å². The molecule has 0 aliphatic carbocycles. The zero-order valence-corrected chi connectivity index (χ0v) is 13.4. The fourth-order valence-corrected chi connectivity index (χ4v) is 2.90. The first-order valence-corrected chi connectivity index (χ1v) is 8.01. The summed E-state index contributed by atoms with van der Waals surface area (Å²) in [7, 11) is 0. The van der Waals surface area contributed by atoms with Crippen molar-refractivity contribution in [3.8, 4) is 0 Å². The molecular weight excluding hydrogens is 298 g/mol. The Bertz CT molecular complexity index is 814. The van der Waals surface area contributed by atoms with Crippen LogP contribution in [-0.2, 0) is 19.4 Å². The van der Waals surface area contributed by atoms with Crippen molar-refractivity contribution in [3.63, 3.8) is 0 Å². The summed E-state index contributed by atoms with van der Waals surface area (Å²) in [5.41, 5.74) is 5.31. The van der Waals surface area contributed by atoms with Gasteiger partial charge >= 0.3 is 0 Å². The molecule has 0 heterocycles. The average molecular weight is 317 g/mol. The molecule has 0 radical (unpaired) electrons. The summed E-state index contributed by atoms with van der Waals surface area (Å²) in [5, 5.41) is 11.0. The van der Waals surface area contributed by atoms with Gasteiger partial charge in [-0.05, 0) is 41.2 Å². The first-order chi connectivity index (χ1) is 11.7. The van der Waals surface area contributed by atoms with Crippen LogP contribution >= 0.6 is 0 Å². The summed E-state index contributed by atoms with van der Waals surface area (Å²) >= 11 is 0. The molecule has 0 spiro atoms. The molecule has 3 nitrogen and oxygen atoms in total. The molecule has 0 aromatic heterocycles. The van der Waals surface area contributed by atoms with Crippen LogP contribution < -0.4 is 0 Å². The van der Waals surface area contributed by atoms with Gasteiger partial charge in [0.25, 0.3) is 0 Å². The topological polar surface area (TPSA) is 43.1 Å². The maximum atomic E-state index is 11.0. The van der Waals surface area contributed by atoms with Crippen LogP contribution in [0.1, 0.15) is 27.8 Å². The summed E-state index contributed by atoms with van der Waals surface area (Å²) < 4.78 is 0. The lowest BCUT2D eigenvalue weighted by atomic mass is 9.95. The van der Waals surface area contributed by atoms with Gasteiger partial charge < -0.3 is 0 Å². The normalized spacial score (nSPS) is 10.5. The van der Waals surface area contributed by atoms with Gasteiger partial charge in [0.15, 0.2) is 0 Å². The van der Waals surface area contributed by atoms with Crippen molar-refractivity contribution in [2.24, 2.45) is 0 Å². The van der Waals surface area contributed by atoms with E-state index in [4.69, 9.17) is 0 Å². The van der Waals surface area contributed by atoms with Crippen molar-refractivity contribution in [2.75, 3.05) is 0 Å². The van der Waals surface area contributed by atoms with Crippen LogP contribution in [0.25, 0.3) is 0 Å². The molecule has 0 fully saturated rings. The summed E-state index contributed by atoms with van der Waals surface area (Å²) in [6, 6.07) is 26.3. The molecule has 3 rings (SSSR count). The van der Waals surface area contributed by atoms with E-state index in [2.05, 4.69) is 18.2 Å². The minimum absolute atomic E-state index is 0.134. The van der Waals surface area contributed by atoms with Crippen LogP contribution in [0.5, 0.6) is 0 Å². The van der Waals surface area contributed by atoms with Gasteiger partial charge in [-0.15, -0.1) is 0 Å². The van der Waals surface area contributed by atoms with E-state index in [0.717, 1.165) is 35.1 Å². The van der Waals surface area contributed by atoms with Crippen molar-refractivity contribution in [1.82, 2.24) is 0 Å². The zero-order valence-electron chi connectivity index (χ0n) is 13.4. The van der Waals surface area contributed by atoms with Gasteiger partial charge in [0.1, 0.15) is 0 Å². The predicted octanol–water partition coefficient (Wildman–Crippen LogP) is 4.64. The molecule has 3 aromatic rings. The molecule has 0 aliphatic rings. The SMILES string of the molecule is O=[N+]([O-])Cc1cc(Cc2ccccc2)ccc1Cc1ccccc1. The van der Waals surface area contributed by atoms with Crippen molar-refractivity contribution < 1.29 is 4.92 Å². The molecule has 3 heteroatoms. The number of nitro groups is 1. The van der Waals surface area contributed by atoms with Crippen LogP contribution in [0.4, 0.5) is 0 Å². The predicted molar refractivity (Wildman–Crippen MR) is 95.6 cm³/mol. The van der Waals surface area contributed by atoms with E-state index >= 15 is 0 Å².